The first-order valence-electron chi connectivity index (χ1n) is 6.19. The molecule has 17 heavy (non-hydrogen) atoms. The van der Waals surface area contributed by atoms with E-state index in [1.165, 1.54) is 11.1 Å². The molecule has 94 valence electrons. The van der Waals surface area contributed by atoms with E-state index in [4.69, 9.17) is 15.2 Å². The summed E-state index contributed by atoms with van der Waals surface area (Å²) in [5, 5.41) is 0. The van der Waals surface area contributed by atoms with Crippen LogP contribution in [0.1, 0.15) is 24.0 Å². The number of methoxy groups -OCH3 is 1. The maximum absolute atomic E-state index is 5.91. The summed E-state index contributed by atoms with van der Waals surface area (Å²) < 4.78 is 10.9. The zero-order valence-electron chi connectivity index (χ0n) is 10.6. The molecule has 1 aromatic carbocycles. The van der Waals surface area contributed by atoms with Gasteiger partial charge in [-0.25, -0.2) is 0 Å². The lowest BCUT2D eigenvalue weighted by Crippen LogP contribution is -2.27. The van der Waals surface area contributed by atoms with Crippen molar-refractivity contribution in [1.82, 2.24) is 0 Å². The number of benzene rings is 1. The lowest BCUT2D eigenvalue weighted by atomic mass is 10.0. The molecule has 2 rings (SSSR count). The lowest BCUT2D eigenvalue weighted by molar-refractivity contribution is 0.162. The predicted octanol–water partition coefficient (Wildman–Crippen LogP) is 2.05. The SMILES string of the molecule is COCC(N)CCC1Cc2cc(C)ccc2O1. The van der Waals surface area contributed by atoms with Crippen LogP contribution in [0, 0.1) is 6.92 Å². The lowest BCUT2D eigenvalue weighted by Gasteiger charge is -2.14. The van der Waals surface area contributed by atoms with Gasteiger partial charge in [-0.15, -0.1) is 0 Å². The molecule has 3 heteroatoms. The van der Waals surface area contributed by atoms with Crippen LogP contribution in [0.5, 0.6) is 5.75 Å². The Bertz CT molecular complexity index is 378. The number of hydrogen-bond donors (Lipinski definition) is 1. The number of fused-ring (bicyclic) bond motifs is 1. The molecule has 0 bridgehead atoms. The maximum Gasteiger partial charge on any atom is 0.123 e. The van der Waals surface area contributed by atoms with Crippen molar-refractivity contribution in [3.63, 3.8) is 0 Å². The van der Waals surface area contributed by atoms with Crippen LogP contribution in [0.15, 0.2) is 18.2 Å². The summed E-state index contributed by atoms with van der Waals surface area (Å²) >= 11 is 0. The van der Waals surface area contributed by atoms with E-state index in [-0.39, 0.29) is 12.1 Å². The van der Waals surface area contributed by atoms with E-state index in [2.05, 4.69) is 25.1 Å². The summed E-state index contributed by atoms with van der Waals surface area (Å²) in [4.78, 5) is 0. The molecular weight excluding hydrogens is 214 g/mol. The van der Waals surface area contributed by atoms with Crippen molar-refractivity contribution in [3.05, 3.63) is 29.3 Å². The average Bonchev–Trinajstić information content (AvgIpc) is 2.68. The number of hydrogen-bond acceptors (Lipinski definition) is 3. The quantitative estimate of drug-likeness (QED) is 0.849. The van der Waals surface area contributed by atoms with Crippen molar-refractivity contribution in [1.29, 1.82) is 0 Å². The number of ether oxygens (including phenoxy) is 2. The largest absolute Gasteiger partial charge is 0.490 e. The van der Waals surface area contributed by atoms with Gasteiger partial charge in [-0.1, -0.05) is 17.7 Å². The van der Waals surface area contributed by atoms with Gasteiger partial charge in [-0.05, 0) is 31.4 Å². The van der Waals surface area contributed by atoms with Crippen LogP contribution in [0.4, 0.5) is 0 Å². The minimum Gasteiger partial charge on any atom is -0.490 e. The first-order valence-corrected chi connectivity index (χ1v) is 6.19. The highest BCUT2D eigenvalue weighted by Crippen LogP contribution is 2.31. The fourth-order valence-electron chi connectivity index (χ4n) is 2.31. The Morgan fingerprint density at radius 1 is 1.53 bits per heavy atom. The third-order valence-electron chi connectivity index (χ3n) is 3.20. The van der Waals surface area contributed by atoms with E-state index in [9.17, 15) is 0 Å². The van der Waals surface area contributed by atoms with E-state index in [0.29, 0.717) is 6.61 Å². The number of aryl methyl sites for hydroxylation is 1. The molecule has 1 aliphatic heterocycles. The van der Waals surface area contributed by atoms with E-state index in [1.807, 2.05) is 0 Å². The fourth-order valence-corrected chi connectivity index (χ4v) is 2.31. The van der Waals surface area contributed by atoms with Gasteiger partial charge in [0.2, 0.25) is 0 Å². The topological polar surface area (TPSA) is 44.5 Å². The van der Waals surface area contributed by atoms with Gasteiger partial charge in [-0.2, -0.15) is 0 Å². The molecule has 0 aliphatic carbocycles. The molecule has 0 radical (unpaired) electrons. The van der Waals surface area contributed by atoms with E-state index >= 15 is 0 Å². The Hall–Kier alpha value is -1.06. The molecule has 2 N–H and O–H groups in total. The minimum absolute atomic E-state index is 0.119. The third kappa shape index (κ3) is 3.20. The second-order valence-corrected chi connectivity index (χ2v) is 4.85. The Balaban J connectivity index is 1.84. The van der Waals surface area contributed by atoms with Crippen LogP contribution < -0.4 is 10.5 Å². The van der Waals surface area contributed by atoms with E-state index in [1.54, 1.807) is 7.11 Å². The van der Waals surface area contributed by atoms with Gasteiger partial charge in [-0.3, -0.25) is 0 Å². The predicted molar refractivity (Wildman–Crippen MR) is 68.4 cm³/mol. The van der Waals surface area contributed by atoms with Crippen molar-refractivity contribution in [2.75, 3.05) is 13.7 Å². The third-order valence-corrected chi connectivity index (χ3v) is 3.20. The smallest absolute Gasteiger partial charge is 0.123 e. The number of rotatable bonds is 5. The van der Waals surface area contributed by atoms with Crippen LogP contribution in [0.2, 0.25) is 0 Å². The molecule has 0 amide bonds. The second kappa shape index (κ2) is 5.52. The number of nitrogens with two attached hydrogens (primary N) is 1. The molecule has 0 spiro atoms. The molecule has 0 fully saturated rings. The molecule has 3 nitrogen and oxygen atoms in total. The highest BCUT2D eigenvalue weighted by molar-refractivity contribution is 5.40. The monoisotopic (exact) mass is 235 g/mol. The highest BCUT2D eigenvalue weighted by Gasteiger charge is 2.22. The summed E-state index contributed by atoms with van der Waals surface area (Å²) in [5.41, 5.74) is 8.54. The maximum atomic E-state index is 5.91. The molecule has 2 atom stereocenters. The standard InChI is InChI=1S/C14H21NO2/c1-10-3-6-14-11(7-10)8-13(17-14)5-4-12(15)9-16-2/h3,6-7,12-13H,4-5,8-9,15H2,1-2H3. The van der Waals surface area contributed by atoms with Crippen molar-refractivity contribution in [3.8, 4) is 5.75 Å². The summed E-state index contributed by atoms with van der Waals surface area (Å²) in [7, 11) is 1.69. The van der Waals surface area contributed by atoms with Gasteiger partial charge < -0.3 is 15.2 Å². The van der Waals surface area contributed by atoms with Gasteiger partial charge in [0.25, 0.3) is 0 Å². The van der Waals surface area contributed by atoms with Gasteiger partial charge in [0.1, 0.15) is 11.9 Å². The average molecular weight is 235 g/mol. The van der Waals surface area contributed by atoms with Crippen LogP contribution >= 0.6 is 0 Å². The summed E-state index contributed by atoms with van der Waals surface area (Å²) in [6, 6.07) is 6.50. The molecule has 0 aromatic heterocycles. The van der Waals surface area contributed by atoms with E-state index < -0.39 is 0 Å². The molecule has 1 heterocycles. The van der Waals surface area contributed by atoms with Crippen molar-refractivity contribution in [2.24, 2.45) is 5.73 Å². The Morgan fingerprint density at radius 2 is 2.35 bits per heavy atom. The second-order valence-electron chi connectivity index (χ2n) is 4.85. The zero-order chi connectivity index (χ0) is 12.3. The van der Waals surface area contributed by atoms with Gasteiger partial charge in [0.05, 0.1) is 6.61 Å². The molecule has 1 aliphatic rings. The molecule has 0 saturated carbocycles. The summed E-state index contributed by atoms with van der Waals surface area (Å²) in [6.45, 7) is 2.74. The van der Waals surface area contributed by atoms with Crippen LogP contribution in [0.25, 0.3) is 0 Å². The first-order chi connectivity index (χ1) is 8.19. The molecule has 2 unspecified atom stereocenters. The van der Waals surface area contributed by atoms with Crippen molar-refractivity contribution in [2.45, 2.75) is 38.3 Å². The van der Waals surface area contributed by atoms with Gasteiger partial charge >= 0.3 is 0 Å². The summed E-state index contributed by atoms with van der Waals surface area (Å²) in [6.07, 6.45) is 3.25. The van der Waals surface area contributed by atoms with Gasteiger partial charge in [0, 0.05) is 19.6 Å². The van der Waals surface area contributed by atoms with Crippen molar-refractivity contribution >= 4 is 0 Å². The highest BCUT2D eigenvalue weighted by atomic mass is 16.5. The van der Waals surface area contributed by atoms with Crippen molar-refractivity contribution < 1.29 is 9.47 Å². The summed E-state index contributed by atoms with van der Waals surface area (Å²) in [5.74, 6) is 1.04. The van der Waals surface area contributed by atoms with E-state index in [0.717, 1.165) is 25.0 Å². The van der Waals surface area contributed by atoms with Crippen LogP contribution in [0.3, 0.4) is 0 Å². The Labute approximate surface area is 103 Å². The fraction of sp³-hybridized carbons (Fsp3) is 0.571. The molecular formula is C14H21NO2. The zero-order valence-corrected chi connectivity index (χ0v) is 10.6. The minimum atomic E-state index is 0.119. The normalized spacial score (nSPS) is 19.8. The Morgan fingerprint density at radius 3 is 3.12 bits per heavy atom. The molecule has 1 aromatic rings. The van der Waals surface area contributed by atoms with Gasteiger partial charge in [0.15, 0.2) is 0 Å². The molecule has 0 saturated heterocycles. The first kappa shape index (κ1) is 12.4. The van der Waals surface area contributed by atoms with Crippen LogP contribution in [-0.2, 0) is 11.2 Å². The van der Waals surface area contributed by atoms with Crippen LogP contribution in [-0.4, -0.2) is 25.9 Å². The Kier molecular flexibility index (Phi) is 4.02.